The normalized spacial score (nSPS) is 16.5. The van der Waals surface area contributed by atoms with Crippen molar-refractivity contribution in [2.24, 2.45) is 0 Å². The van der Waals surface area contributed by atoms with E-state index in [1.54, 1.807) is 13.8 Å². The molecule has 0 atom stereocenters. The van der Waals surface area contributed by atoms with Crippen molar-refractivity contribution in [1.82, 2.24) is 4.98 Å². The lowest BCUT2D eigenvalue weighted by molar-refractivity contribution is 0.0783. The first-order chi connectivity index (χ1) is 18.5. The van der Waals surface area contributed by atoms with E-state index in [1.807, 2.05) is 6.07 Å². The zero-order valence-corrected chi connectivity index (χ0v) is 23.1. The summed E-state index contributed by atoms with van der Waals surface area (Å²) in [6.45, 7) is 3.09. The molecular formula is C30H34F2N2O4S. The molecule has 2 aliphatic carbocycles. The van der Waals surface area contributed by atoms with E-state index < -0.39 is 27.3 Å². The van der Waals surface area contributed by atoms with E-state index in [1.165, 1.54) is 24.6 Å². The quantitative estimate of drug-likeness (QED) is 0.324. The molecule has 0 bridgehead atoms. The number of nitrogens with zero attached hydrogens (tertiary/aromatic N) is 1. The number of aryl methyl sites for hydroxylation is 1. The van der Waals surface area contributed by atoms with Crippen LogP contribution in [0.2, 0.25) is 0 Å². The molecule has 1 saturated carbocycles. The monoisotopic (exact) mass is 556 g/mol. The van der Waals surface area contributed by atoms with Crippen LogP contribution >= 0.6 is 0 Å². The average Bonchev–Trinajstić information content (AvgIpc) is 2.90. The fourth-order valence-corrected chi connectivity index (χ4v) is 6.72. The number of hydrogen-bond donors (Lipinski definition) is 2. The molecule has 2 aliphatic rings. The maximum absolute atomic E-state index is 14.4. The molecule has 0 spiro atoms. The third-order valence-corrected chi connectivity index (χ3v) is 9.03. The number of fused-ring (bicyclic) bond motifs is 1. The largest absolute Gasteiger partial charge is 0.453 e. The van der Waals surface area contributed by atoms with Gasteiger partial charge in [0.25, 0.3) is 10.0 Å². The zero-order chi connectivity index (χ0) is 27.8. The van der Waals surface area contributed by atoms with Crippen molar-refractivity contribution >= 4 is 15.7 Å². The van der Waals surface area contributed by atoms with Gasteiger partial charge in [0.15, 0.2) is 11.6 Å². The van der Waals surface area contributed by atoms with Gasteiger partial charge in [0.05, 0.1) is 11.3 Å². The Hall–Kier alpha value is -3.04. The van der Waals surface area contributed by atoms with Crippen molar-refractivity contribution in [2.45, 2.75) is 88.0 Å². The number of benzene rings is 2. The molecule has 0 unspecified atom stereocenters. The summed E-state index contributed by atoms with van der Waals surface area (Å²) in [5.41, 5.74) is 2.27. The summed E-state index contributed by atoms with van der Waals surface area (Å²) < 4.78 is 64.2. The number of aliphatic hydroxyl groups is 1. The van der Waals surface area contributed by atoms with E-state index >= 15 is 0 Å². The molecule has 208 valence electrons. The minimum absolute atomic E-state index is 0.142. The molecule has 1 fully saturated rings. The Morgan fingerprint density at radius 1 is 0.949 bits per heavy atom. The van der Waals surface area contributed by atoms with Gasteiger partial charge in [-0.1, -0.05) is 25.3 Å². The predicted molar refractivity (Wildman–Crippen MR) is 146 cm³/mol. The fourth-order valence-electron chi connectivity index (χ4n) is 5.48. The summed E-state index contributed by atoms with van der Waals surface area (Å²) in [6, 6.07) is 8.90. The van der Waals surface area contributed by atoms with Gasteiger partial charge in [0, 0.05) is 23.4 Å². The second-order valence-electron chi connectivity index (χ2n) is 11.1. The summed E-state index contributed by atoms with van der Waals surface area (Å²) in [4.78, 5) is 4.71. The zero-order valence-electron chi connectivity index (χ0n) is 22.3. The molecule has 0 amide bonds. The SMILES string of the molecule is CC(C)(O)c1ccc(Oc2ccc(F)cc2F)c(S(=O)(=O)Nc2cc(C3CCCCC3)nc3c2CCCC3)c1. The minimum atomic E-state index is -4.26. The topological polar surface area (TPSA) is 88.5 Å². The van der Waals surface area contributed by atoms with Gasteiger partial charge in [-0.25, -0.2) is 17.2 Å². The number of sulfonamides is 1. The number of pyridine rings is 1. The molecule has 2 N–H and O–H groups in total. The molecule has 9 heteroatoms. The number of rotatable bonds is 7. The molecule has 6 nitrogen and oxygen atoms in total. The molecule has 1 aromatic heterocycles. The van der Waals surface area contributed by atoms with Gasteiger partial charge >= 0.3 is 0 Å². The van der Waals surface area contributed by atoms with Crippen LogP contribution in [0.5, 0.6) is 11.5 Å². The lowest BCUT2D eigenvalue weighted by Gasteiger charge is -2.26. The lowest BCUT2D eigenvalue weighted by atomic mass is 9.85. The maximum atomic E-state index is 14.4. The van der Waals surface area contributed by atoms with E-state index in [2.05, 4.69) is 4.72 Å². The Kier molecular flexibility index (Phi) is 7.66. The summed E-state index contributed by atoms with van der Waals surface area (Å²) in [6.07, 6.45) is 9.02. The number of nitrogens with one attached hydrogen (secondary N) is 1. The van der Waals surface area contributed by atoms with E-state index in [-0.39, 0.29) is 16.4 Å². The van der Waals surface area contributed by atoms with Gasteiger partial charge in [0.2, 0.25) is 0 Å². The summed E-state index contributed by atoms with van der Waals surface area (Å²) in [7, 11) is -4.26. The summed E-state index contributed by atoms with van der Waals surface area (Å²) in [5, 5.41) is 10.6. The van der Waals surface area contributed by atoms with Crippen molar-refractivity contribution < 1.29 is 27.0 Å². The van der Waals surface area contributed by atoms with Gasteiger partial charge in [-0.15, -0.1) is 0 Å². The van der Waals surface area contributed by atoms with Crippen LogP contribution in [0, 0.1) is 11.6 Å². The van der Waals surface area contributed by atoms with Crippen LogP contribution in [0.1, 0.15) is 87.2 Å². The molecule has 2 aromatic carbocycles. The van der Waals surface area contributed by atoms with Crippen molar-refractivity contribution in [1.29, 1.82) is 0 Å². The highest BCUT2D eigenvalue weighted by Crippen LogP contribution is 2.39. The van der Waals surface area contributed by atoms with E-state index in [9.17, 15) is 22.3 Å². The van der Waals surface area contributed by atoms with Gasteiger partial charge in [0.1, 0.15) is 16.5 Å². The Morgan fingerprint density at radius 3 is 2.38 bits per heavy atom. The van der Waals surface area contributed by atoms with Crippen LogP contribution < -0.4 is 9.46 Å². The summed E-state index contributed by atoms with van der Waals surface area (Å²) >= 11 is 0. The second kappa shape index (κ2) is 10.8. The highest BCUT2D eigenvalue weighted by atomic mass is 32.2. The second-order valence-corrected chi connectivity index (χ2v) is 12.7. The molecule has 3 aromatic rings. The van der Waals surface area contributed by atoms with Crippen LogP contribution in [-0.4, -0.2) is 18.5 Å². The number of halogens is 2. The highest BCUT2D eigenvalue weighted by Gasteiger charge is 2.29. The van der Waals surface area contributed by atoms with Crippen molar-refractivity contribution in [3.8, 4) is 11.5 Å². The Bertz CT molecular complexity index is 1480. The van der Waals surface area contributed by atoms with Crippen LogP contribution in [0.15, 0.2) is 47.4 Å². The molecule has 39 heavy (non-hydrogen) atoms. The minimum Gasteiger partial charge on any atom is -0.453 e. The standard InChI is InChI=1S/C30H34F2N2O4S/c1-30(2,35)20-12-14-28(38-27-15-13-21(31)17-23(27)32)29(16-20)39(36,37)34-26-18-25(19-8-4-3-5-9-19)33-24-11-7-6-10-22(24)26/h12-19,35H,3-11H2,1-2H3,(H,33,34). The molecule has 0 aliphatic heterocycles. The molecular weight excluding hydrogens is 522 g/mol. The first-order valence-electron chi connectivity index (χ1n) is 13.6. The number of aromatic nitrogens is 1. The van der Waals surface area contributed by atoms with Gasteiger partial charge in [-0.2, -0.15) is 0 Å². The van der Waals surface area contributed by atoms with Crippen LogP contribution in [0.4, 0.5) is 14.5 Å². The first-order valence-corrected chi connectivity index (χ1v) is 15.0. The smallest absolute Gasteiger partial charge is 0.265 e. The third-order valence-electron chi connectivity index (χ3n) is 7.64. The first kappa shape index (κ1) is 27.5. The Labute approximate surface area is 228 Å². The van der Waals surface area contributed by atoms with E-state index in [0.717, 1.165) is 80.5 Å². The number of ether oxygens (including phenoxy) is 1. The average molecular weight is 557 g/mol. The number of hydrogen-bond acceptors (Lipinski definition) is 5. The van der Waals surface area contributed by atoms with Crippen LogP contribution in [0.3, 0.4) is 0 Å². The van der Waals surface area contributed by atoms with E-state index in [0.29, 0.717) is 23.2 Å². The lowest BCUT2D eigenvalue weighted by Crippen LogP contribution is -2.21. The van der Waals surface area contributed by atoms with Crippen molar-refractivity contribution in [3.05, 3.63) is 76.6 Å². The Morgan fingerprint density at radius 2 is 1.67 bits per heavy atom. The summed E-state index contributed by atoms with van der Waals surface area (Å²) in [5.74, 6) is -1.89. The molecule has 0 radical (unpaired) electrons. The molecule has 0 saturated heterocycles. The van der Waals surface area contributed by atoms with Crippen LogP contribution in [-0.2, 0) is 28.5 Å². The van der Waals surface area contributed by atoms with Gasteiger partial charge in [-0.05, 0) is 93.8 Å². The maximum Gasteiger partial charge on any atom is 0.265 e. The number of anilines is 1. The fraction of sp³-hybridized carbons (Fsp3) is 0.433. The van der Waals surface area contributed by atoms with Gasteiger partial charge < -0.3 is 9.84 Å². The van der Waals surface area contributed by atoms with E-state index in [4.69, 9.17) is 9.72 Å². The van der Waals surface area contributed by atoms with Crippen molar-refractivity contribution in [2.75, 3.05) is 4.72 Å². The molecule has 1 heterocycles. The predicted octanol–water partition coefficient (Wildman–Crippen LogP) is 7.11. The Balaban J connectivity index is 1.57. The highest BCUT2D eigenvalue weighted by molar-refractivity contribution is 7.92. The van der Waals surface area contributed by atoms with Crippen molar-refractivity contribution in [3.63, 3.8) is 0 Å². The third kappa shape index (κ3) is 6.09. The molecule has 5 rings (SSSR count). The van der Waals surface area contributed by atoms with Gasteiger partial charge in [-0.3, -0.25) is 9.71 Å². The van der Waals surface area contributed by atoms with Crippen LogP contribution in [0.25, 0.3) is 0 Å².